The third-order valence-corrected chi connectivity index (χ3v) is 6.69. The highest BCUT2D eigenvalue weighted by Crippen LogP contribution is 2.35. The molecule has 1 N–H and O–H groups in total. The minimum absolute atomic E-state index is 0.105. The van der Waals surface area contributed by atoms with Crippen LogP contribution in [0.1, 0.15) is 37.5 Å². The molecule has 7 nitrogen and oxygen atoms in total. The maximum Gasteiger partial charge on any atom is 0.410 e. The van der Waals surface area contributed by atoms with Gasteiger partial charge in [-0.15, -0.1) is 0 Å². The number of aliphatic hydroxyl groups is 1. The van der Waals surface area contributed by atoms with Crippen molar-refractivity contribution in [2.45, 2.75) is 46.4 Å². The summed E-state index contributed by atoms with van der Waals surface area (Å²) in [5, 5.41) is 13.7. The molecule has 0 aliphatic heterocycles. The maximum absolute atomic E-state index is 12.7. The summed E-state index contributed by atoms with van der Waals surface area (Å²) in [5.74, 6) is 0.654. The first kappa shape index (κ1) is 28.1. The molecule has 1 aromatic heterocycles. The van der Waals surface area contributed by atoms with Crippen molar-refractivity contribution in [3.8, 4) is 33.7 Å². The van der Waals surface area contributed by atoms with Crippen molar-refractivity contribution in [1.29, 1.82) is 0 Å². The highest BCUT2D eigenvalue weighted by Gasteiger charge is 2.27. The Kier molecular flexibility index (Phi) is 8.84. The normalized spacial score (nSPS) is 11.4. The maximum atomic E-state index is 12.7. The molecule has 0 saturated carbocycles. The van der Waals surface area contributed by atoms with Gasteiger partial charge in [0, 0.05) is 36.4 Å². The van der Waals surface area contributed by atoms with Crippen molar-refractivity contribution in [1.82, 2.24) is 10.1 Å². The zero-order valence-electron chi connectivity index (χ0n) is 23.2. The van der Waals surface area contributed by atoms with Crippen molar-refractivity contribution in [3.63, 3.8) is 0 Å². The monoisotopic (exact) mass is 528 g/mol. The van der Waals surface area contributed by atoms with E-state index < -0.39 is 11.6 Å². The van der Waals surface area contributed by atoms with E-state index in [0.29, 0.717) is 18.1 Å². The molecule has 1 heterocycles. The van der Waals surface area contributed by atoms with Crippen LogP contribution in [0.5, 0.6) is 0 Å². The quantitative estimate of drug-likeness (QED) is 0.255. The average Bonchev–Trinajstić information content (AvgIpc) is 3.42. The standard InChI is InChI=1S/C32H36N2O5/c1-22-26(24-11-7-6-8-12-24)14-15-27(28(22)21-37-5)30-19-29(33-39-30)25-13-9-10-23(18-25)20-38-31(36)34(16-17-35)32(2,3)4/h6-15,18-19,35H,16-17,20-21H2,1-5H3. The van der Waals surface area contributed by atoms with E-state index in [1.807, 2.05) is 69.3 Å². The molecule has 0 aliphatic carbocycles. The SMILES string of the molecule is COCc1c(-c2cc(-c3cccc(COC(=O)N(CCO)C(C)(C)C)c3)no2)ccc(-c2ccccc2)c1C. The molecule has 4 aromatic rings. The minimum atomic E-state index is -0.467. The number of carbonyl (C=O) groups is 1. The Bertz CT molecular complexity index is 1410. The number of rotatable bonds is 9. The molecule has 0 unspecified atom stereocenters. The first-order valence-electron chi connectivity index (χ1n) is 13.0. The van der Waals surface area contributed by atoms with Crippen molar-refractivity contribution >= 4 is 6.09 Å². The van der Waals surface area contributed by atoms with Gasteiger partial charge in [-0.25, -0.2) is 4.79 Å². The van der Waals surface area contributed by atoms with Crippen LogP contribution >= 0.6 is 0 Å². The number of methoxy groups -OCH3 is 1. The van der Waals surface area contributed by atoms with Crippen molar-refractivity contribution in [3.05, 3.63) is 89.5 Å². The number of amides is 1. The van der Waals surface area contributed by atoms with E-state index >= 15 is 0 Å². The second-order valence-electron chi connectivity index (χ2n) is 10.4. The molecular formula is C32H36N2O5. The topological polar surface area (TPSA) is 85.0 Å². The Balaban J connectivity index is 1.56. The van der Waals surface area contributed by atoms with E-state index in [2.05, 4.69) is 36.3 Å². The Morgan fingerprint density at radius 3 is 2.36 bits per heavy atom. The number of benzene rings is 3. The van der Waals surface area contributed by atoms with Crippen LogP contribution in [0, 0.1) is 6.92 Å². The second kappa shape index (κ2) is 12.3. The molecule has 0 saturated heterocycles. The lowest BCUT2D eigenvalue weighted by atomic mass is 9.92. The van der Waals surface area contributed by atoms with Gasteiger partial charge in [0.25, 0.3) is 0 Å². The van der Waals surface area contributed by atoms with Gasteiger partial charge in [0.15, 0.2) is 5.76 Å². The molecule has 204 valence electrons. The number of carbonyl (C=O) groups excluding carboxylic acids is 1. The van der Waals surface area contributed by atoms with Gasteiger partial charge in [-0.2, -0.15) is 0 Å². The highest BCUT2D eigenvalue weighted by molar-refractivity contribution is 5.77. The number of hydrogen-bond acceptors (Lipinski definition) is 6. The van der Waals surface area contributed by atoms with E-state index in [9.17, 15) is 9.90 Å². The first-order valence-corrected chi connectivity index (χ1v) is 13.0. The van der Waals surface area contributed by atoms with Crippen LogP contribution in [0.2, 0.25) is 0 Å². The van der Waals surface area contributed by atoms with Gasteiger partial charge in [0.1, 0.15) is 12.3 Å². The summed E-state index contributed by atoms with van der Waals surface area (Å²) in [5.41, 5.74) is 7.32. The van der Waals surface area contributed by atoms with Crippen LogP contribution in [-0.4, -0.2) is 47.1 Å². The highest BCUT2D eigenvalue weighted by atomic mass is 16.6. The number of nitrogens with zero attached hydrogens (tertiary/aromatic N) is 2. The van der Waals surface area contributed by atoms with E-state index in [1.165, 1.54) is 4.90 Å². The van der Waals surface area contributed by atoms with E-state index in [4.69, 9.17) is 14.0 Å². The van der Waals surface area contributed by atoms with Gasteiger partial charge in [0.2, 0.25) is 0 Å². The summed E-state index contributed by atoms with van der Waals surface area (Å²) in [6.07, 6.45) is -0.467. The van der Waals surface area contributed by atoms with Crippen LogP contribution in [0.15, 0.2) is 77.3 Å². The van der Waals surface area contributed by atoms with Crippen molar-refractivity contribution in [2.75, 3.05) is 20.3 Å². The summed E-state index contributed by atoms with van der Waals surface area (Å²) in [7, 11) is 1.69. The fraction of sp³-hybridized carbons (Fsp3) is 0.312. The zero-order chi connectivity index (χ0) is 28.0. The molecule has 0 spiro atoms. The lowest BCUT2D eigenvalue weighted by Gasteiger charge is -2.34. The van der Waals surface area contributed by atoms with Crippen LogP contribution in [0.3, 0.4) is 0 Å². The predicted octanol–water partition coefficient (Wildman–Crippen LogP) is 6.86. The number of aromatic nitrogens is 1. The fourth-order valence-electron chi connectivity index (χ4n) is 4.63. The largest absolute Gasteiger partial charge is 0.445 e. The third kappa shape index (κ3) is 6.56. The molecule has 39 heavy (non-hydrogen) atoms. The molecule has 7 heteroatoms. The van der Waals surface area contributed by atoms with Crippen molar-refractivity contribution in [2.24, 2.45) is 0 Å². The molecule has 0 aliphatic rings. The van der Waals surface area contributed by atoms with Gasteiger partial charge >= 0.3 is 6.09 Å². The third-order valence-electron chi connectivity index (χ3n) is 6.69. The fourth-order valence-corrected chi connectivity index (χ4v) is 4.63. The average molecular weight is 529 g/mol. The Morgan fingerprint density at radius 2 is 1.67 bits per heavy atom. The number of β-amino-alcohol motifs (C(OH)–C–C–N with tert-alkyl or cyclic N) is 1. The molecule has 0 radical (unpaired) electrons. The smallest absolute Gasteiger partial charge is 0.410 e. The summed E-state index contributed by atoms with van der Waals surface area (Å²) in [4.78, 5) is 14.2. The summed E-state index contributed by atoms with van der Waals surface area (Å²) < 4.78 is 16.9. The molecule has 0 fully saturated rings. The Hall–Kier alpha value is -3.94. The van der Waals surface area contributed by atoms with Crippen LogP contribution in [0.25, 0.3) is 33.7 Å². The number of aliphatic hydroxyl groups excluding tert-OH is 1. The van der Waals surface area contributed by atoms with Gasteiger partial charge in [0.05, 0.1) is 13.2 Å². The first-order chi connectivity index (χ1) is 18.7. The molecule has 0 bridgehead atoms. The molecular weight excluding hydrogens is 492 g/mol. The predicted molar refractivity (Wildman–Crippen MR) is 152 cm³/mol. The lowest BCUT2D eigenvalue weighted by molar-refractivity contribution is 0.0535. The van der Waals surface area contributed by atoms with E-state index in [-0.39, 0.29) is 19.8 Å². The van der Waals surface area contributed by atoms with Crippen molar-refractivity contribution < 1.29 is 23.9 Å². The molecule has 3 aromatic carbocycles. The van der Waals surface area contributed by atoms with E-state index in [1.54, 1.807) is 7.11 Å². The second-order valence-corrected chi connectivity index (χ2v) is 10.4. The summed E-state index contributed by atoms with van der Waals surface area (Å²) >= 11 is 0. The minimum Gasteiger partial charge on any atom is -0.445 e. The van der Waals surface area contributed by atoms with E-state index in [0.717, 1.165) is 38.9 Å². The van der Waals surface area contributed by atoms with Gasteiger partial charge in [-0.3, -0.25) is 0 Å². The molecule has 0 atom stereocenters. The summed E-state index contributed by atoms with van der Waals surface area (Å²) in [6, 6.07) is 24.0. The number of hydrogen-bond donors (Lipinski definition) is 1. The lowest BCUT2D eigenvalue weighted by Crippen LogP contribution is -2.47. The van der Waals surface area contributed by atoms with Gasteiger partial charge < -0.3 is 24.0 Å². The van der Waals surface area contributed by atoms with Crippen LogP contribution in [0.4, 0.5) is 4.79 Å². The summed E-state index contributed by atoms with van der Waals surface area (Å²) in [6.45, 7) is 8.44. The molecule has 4 rings (SSSR count). The number of ether oxygens (including phenoxy) is 2. The van der Waals surface area contributed by atoms with Crippen LogP contribution in [-0.2, 0) is 22.7 Å². The van der Waals surface area contributed by atoms with Gasteiger partial charge in [-0.05, 0) is 61.6 Å². The Morgan fingerprint density at radius 1 is 0.949 bits per heavy atom. The molecule has 1 amide bonds. The Labute approximate surface area is 230 Å². The van der Waals surface area contributed by atoms with Gasteiger partial charge in [-0.1, -0.05) is 65.8 Å². The van der Waals surface area contributed by atoms with Crippen LogP contribution < -0.4 is 0 Å². The zero-order valence-corrected chi connectivity index (χ0v) is 23.2.